The third-order valence-corrected chi connectivity index (χ3v) is 3.78. The number of benzene rings is 1. The molecule has 0 spiro atoms. The fraction of sp³-hybridized carbons (Fsp3) is 0.294. The minimum atomic E-state index is 0.237. The Morgan fingerprint density at radius 2 is 1.60 bits per heavy atom. The van der Waals surface area contributed by atoms with Gasteiger partial charge in [0.15, 0.2) is 11.5 Å². The van der Waals surface area contributed by atoms with Crippen molar-refractivity contribution < 1.29 is 4.42 Å². The summed E-state index contributed by atoms with van der Waals surface area (Å²) in [5, 5.41) is 8.80. The molecule has 0 fully saturated rings. The van der Waals surface area contributed by atoms with E-state index in [0.717, 1.165) is 10.9 Å². The number of rotatable bonds is 3. The van der Waals surface area contributed by atoms with E-state index in [9.17, 15) is 0 Å². The van der Waals surface area contributed by atoms with E-state index in [-0.39, 0.29) is 11.7 Å². The van der Waals surface area contributed by atoms with Gasteiger partial charge in [0.25, 0.3) is 5.89 Å². The zero-order valence-electron chi connectivity index (χ0n) is 14.6. The van der Waals surface area contributed by atoms with Crippen LogP contribution in [0.4, 0.5) is 5.82 Å². The molecule has 8 heteroatoms. The van der Waals surface area contributed by atoms with Crippen molar-refractivity contribution in [3.05, 3.63) is 40.6 Å². The summed E-state index contributed by atoms with van der Waals surface area (Å²) in [6.07, 6.45) is 1.51. The normalized spacial score (nSPS) is 9.52. The zero-order chi connectivity index (χ0) is 18.8. The number of nitrogen functional groups attached to an aromatic ring is 1. The van der Waals surface area contributed by atoms with Gasteiger partial charge in [0.05, 0.1) is 6.20 Å². The largest absolute Gasteiger partial charge is 0.414 e. The van der Waals surface area contributed by atoms with E-state index in [0.29, 0.717) is 16.2 Å². The Morgan fingerprint density at radius 3 is 2.20 bits per heavy atom. The van der Waals surface area contributed by atoms with E-state index in [2.05, 4.69) is 52.0 Å². The molecule has 3 aromatic rings. The number of aromatic nitrogens is 4. The monoisotopic (exact) mass is 469 g/mol. The van der Waals surface area contributed by atoms with Crippen LogP contribution >= 0.6 is 31.9 Å². The van der Waals surface area contributed by atoms with Crippen molar-refractivity contribution in [2.75, 3.05) is 5.73 Å². The molecule has 25 heavy (non-hydrogen) atoms. The van der Waals surface area contributed by atoms with Crippen molar-refractivity contribution in [2.24, 2.45) is 0 Å². The Labute approximate surface area is 164 Å². The van der Waals surface area contributed by atoms with Crippen molar-refractivity contribution in [1.29, 1.82) is 0 Å². The van der Waals surface area contributed by atoms with Crippen LogP contribution in [0.2, 0.25) is 0 Å². The molecule has 1 aromatic carbocycles. The number of anilines is 1. The van der Waals surface area contributed by atoms with Crippen LogP contribution in [-0.4, -0.2) is 20.2 Å². The Kier molecular flexibility index (Phi) is 9.30. The fourth-order valence-electron chi connectivity index (χ4n) is 1.71. The number of alkyl halides is 1. The first kappa shape index (κ1) is 21.2. The molecule has 2 N–H and O–H groups in total. The lowest BCUT2D eigenvalue weighted by Crippen LogP contribution is -1.97. The summed E-state index contributed by atoms with van der Waals surface area (Å²) < 4.78 is 6.18. The van der Waals surface area contributed by atoms with E-state index in [4.69, 9.17) is 10.2 Å². The second kappa shape index (κ2) is 10.9. The Bertz CT molecular complexity index is 775. The summed E-state index contributed by atoms with van der Waals surface area (Å²) in [6, 6.07) is 7.82. The number of nitrogens with zero attached hydrogens (tertiary/aromatic N) is 4. The number of hydrogen-bond acceptors (Lipinski definition) is 6. The highest BCUT2D eigenvalue weighted by atomic mass is 79.9. The summed E-state index contributed by atoms with van der Waals surface area (Å²) in [4.78, 5) is 8.20. The van der Waals surface area contributed by atoms with E-state index >= 15 is 0 Å². The van der Waals surface area contributed by atoms with Crippen LogP contribution in [0.15, 0.2) is 39.5 Å². The Morgan fingerprint density at radius 1 is 1.00 bits per heavy atom. The number of nitrogens with two attached hydrogens (primary N) is 1. The van der Waals surface area contributed by atoms with Gasteiger partial charge in [-0.1, -0.05) is 55.8 Å². The smallest absolute Gasteiger partial charge is 0.270 e. The first-order chi connectivity index (χ1) is 12.2. The van der Waals surface area contributed by atoms with Crippen molar-refractivity contribution >= 4 is 37.7 Å². The lowest BCUT2D eigenvalue weighted by molar-refractivity contribution is 0.582. The van der Waals surface area contributed by atoms with Crippen LogP contribution in [0.25, 0.3) is 23.0 Å². The molecule has 0 aliphatic carbocycles. The van der Waals surface area contributed by atoms with Gasteiger partial charge in [0, 0.05) is 10.9 Å². The zero-order valence-corrected chi connectivity index (χ0v) is 17.8. The van der Waals surface area contributed by atoms with Gasteiger partial charge in [0.2, 0.25) is 5.89 Å². The molecule has 0 aliphatic heterocycles. The first-order valence-corrected chi connectivity index (χ1v) is 9.86. The Hall–Kier alpha value is -1.80. The van der Waals surface area contributed by atoms with Gasteiger partial charge in [-0.15, -0.1) is 10.2 Å². The summed E-state index contributed by atoms with van der Waals surface area (Å²) in [5.41, 5.74) is 8.14. The maximum Gasteiger partial charge on any atom is 0.270 e. The van der Waals surface area contributed by atoms with Crippen LogP contribution in [0.3, 0.4) is 0 Å². The molecule has 2 aromatic heterocycles. The third kappa shape index (κ3) is 5.61. The fourth-order valence-corrected chi connectivity index (χ4v) is 2.36. The van der Waals surface area contributed by atoms with Gasteiger partial charge in [-0.3, -0.25) is 0 Å². The van der Waals surface area contributed by atoms with Crippen LogP contribution in [0.1, 0.15) is 33.3 Å². The molecule has 3 rings (SSSR count). The average molecular weight is 471 g/mol. The molecule has 0 saturated carbocycles. The molecule has 134 valence electrons. The molecule has 6 nitrogen and oxygen atoms in total. The van der Waals surface area contributed by atoms with Crippen molar-refractivity contribution in [3.63, 3.8) is 0 Å². The quantitative estimate of drug-likeness (QED) is 0.509. The van der Waals surface area contributed by atoms with Crippen LogP contribution < -0.4 is 5.73 Å². The highest BCUT2D eigenvalue weighted by Crippen LogP contribution is 2.26. The highest BCUT2D eigenvalue weighted by Gasteiger charge is 2.15. The average Bonchev–Trinajstić information content (AvgIpc) is 3.17. The molecule has 0 saturated heterocycles. The van der Waals surface area contributed by atoms with Crippen molar-refractivity contribution in [3.8, 4) is 23.0 Å². The summed E-state index contributed by atoms with van der Waals surface area (Å²) in [5.74, 6) is 0.885. The van der Waals surface area contributed by atoms with Crippen LogP contribution in [0, 0.1) is 0 Å². The molecular weight excluding hydrogens is 450 g/mol. The highest BCUT2D eigenvalue weighted by molar-refractivity contribution is 9.10. The van der Waals surface area contributed by atoms with E-state index in [1.807, 2.05) is 52.0 Å². The first-order valence-electron chi connectivity index (χ1n) is 7.94. The Balaban J connectivity index is 0.000000730. The molecule has 2 heterocycles. The molecular formula is C17H21Br2N5O. The molecule has 0 bridgehead atoms. The molecule has 0 amide bonds. The maximum atomic E-state index is 5.78. The van der Waals surface area contributed by atoms with E-state index in [1.165, 1.54) is 11.8 Å². The number of halogens is 2. The molecule has 0 radical (unpaired) electrons. The molecule has 0 aliphatic rings. The maximum absolute atomic E-state index is 5.78. The van der Waals surface area contributed by atoms with Crippen molar-refractivity contribution in [2.45, 2.75) is 33.0 Å². The lowest BCUT2D eigenvalue weighted by atomic mass is 10.1. The summed E-state index contributed by atoms with van der Waals surface area (Å²) in [7, 11) is 0. The van der Waals surface area contributed by atoms with E-state index in [1.54, 1.807) is 0 Å². The predicted molar refractivity (Wildman–Crippen MR) is 108 cm³/mol. The van der Waals surface area contributed by atoms with Gasteiger partial charge in [-0.05, 0) is 33.6 Å². The lowest BCUT2D eigenvalue weighted by Gasteiger charge is -1.99. The van der Waals surface area contributed by atoms with Gasteiger partial charge in [0.1, 0.15) is 4.60 Å². The minimum Gasteiger partial charge on any atom is -0.414 e. The number of hydrogen-bond donors (Lipinski definition) is 1. The van der Waals surface area contributed by atoms with Gasteiger partial charge in [-0.25, -0.2) is 9.97 Å². The summed E-state index contributed by atoms with van der Waals surface area (Å²) in [6.45, 7) is 8.00. The predicted octanol–water partition coefficient (Wildman–Crippen LogP) is 5.49. The molecule has 0 atom stereocenters. The third-order valence-electron chi connectivity index (χ3n) is 2.75. The standard InChI is InChI=1S/C13H9Br2N5O.2C2H6/c14-5-7-1-3-8(4-2-7)12-19-20-13(21-12)10-11(16)17-6-9(15)18-10;2*1-2/h1-4,6H,5H2,(H2,16,17);2*1-2H3. The van der Waals surface area contributed by atoms with Crippen LogP contribution in [0.5, 0.6) is 0 Å². The SMILES string of the molecule is CC.CC.Nc1ncc(Br)nc1-c1nnc(-c2ccc(CBr)cc2)o1. The van der Waals surface area contributed by atoms with E-state index < -0.39 is 0 Å². The van der Waals surface area contributed by atoms with Gasteiger partial charge >= 0.3 is 0 Å². The second-order valence-corrected chi connectivity index (χ2v) is 5.54. The second-order valence-electron chi connectivity index (χ2n) is 4.17. The topological polar surface area (TPSA) is 90.7 Å². The summed E-state index contributed by atoms with van der Waals surface area (Å²) >= 11 is 6.64. The van der Waals surface area contributed by atoms with Gasteiger partial charge < -0.3 is 10.2 Å². The van der Waals surface area contributed by atoms with Gasteiger partial charge in [-0.2, -0.15) is 0 Å². The molecule has 0 unspecified atom stereocenters. The van der Waals surface area contributed by atoms with Crippen LogP contribution in [-0.2, 0) is 5.33 Å². The minimum absolute atomic E-state index is 0.237. The van der Waals surface area contributed by atoms with Crippen molar-refractivity contribution in [1.82, 2.24) is 20.2 Å².